The van der Waals surface area contributed by atoms with Gasteiger partial charge in [-0.25, -0.2) is 19.6 Å². The SMILES string of the molecule is CNc1ncc(-c2ccc(NC(=O)[C@@H](C)NC(=O)c3ccc4c(C5CCCCC5)n(-c5ccccn5)nc4c3)cc2)cn1. The number of amides is 2. The summed E-state index contributed by atoms with van der Waals surface area (Å²) in [6.07, 6.45) is 11.1. The first-order valence-electron chi connectivity index (χ1n) is 14.7. The summed E-state index contributed by atoms with van der Waals surface area (Å²) in [6.45, 7) is 1.66. The predicted molar refractivity (Wildman–Crippen MR) is 167 cm³/mol. The molecule has 5 aromatic rings. The summed E-state index contributed by atoms with van der Waals surface area (Å²) >= 11 is 0. The minimum atomic E-state index is -0.755. The largest absolute Gasteiger partial charge is 0.357 e. The second kappa shape index (κ2) is 12.4. The van der Waals surface area contributed by atoms with Crippen molar-refractivity contribution in [3.8, 4) is 16.9 Å². The Morgan fingerprint density at radius 1 is 0.907 bits per heavy atom. The molecule has 0 radical (unpaired) electrons. The lowest BCUT2D eigenvalue weighted by molar-refractivity contribution is -0.117. The van der Waals surface area contributed by atoms with Crippen molar-refractivity contribution in [2.75, 3.05) is 17.7 Å². The van der Waals surface area contributed by atoms with Crippen LogP contribution in [0, 0.1) is 0 Å². The van der Waals surface area contributed by atoms with Gasteiger partial charge in [0.15, 0.2) is 5.82 Å². The van der Waals surface area contributed by atoms with E-state index in [-0.39, 0.29) is 11.8 Å². The summed E-state index contributed by atoms with van der Waals surface area (Å²) in [4.78, 5) is 39.2. The Kier molecular flexibility index (Phi) is 8.08. The monoisotopic (exact) mass is 574 g/mol. The van der Waals surface area contributed by atoms with E-state index >= 15 is 0 Å². The van der Waals surface area contributed by atoms with Crippen LogP contribution in [0.1, 0.15) is 61.0 Å². The molecule has 6 rings (SSSR count). The highest BCUT2D eigenvalue weighted by Gasteiger charge is 2.25. The molecule has 1 atom stereocenters. The van der Waals surface area contributed by atoms with E-state index in [0.717, 1.165) is 46.4 Å². The fourth-order valence-electron chi connectivity index (χ4n) is 5.62. The van der Waals surface area contributed by atoms with E-state index < -0.39 is 6.04 Å². The molecule has 1 fully saturated rings. The normalized spacial score (nSPS) is 14.3. The number of aromatic nitrogens is 5. The molecular formula is C33H34N8O2. The fourth-order valence-corrected chi connectivity index (χ4v) is 5.62. The van der Waals surface area contributed by atoms with E-state index in [9.17, 15) is 9.59 Å². The highest BCUT2D eigenvalue weighted by atomic mass is 16.2. The maximum atomic E-state index is 13.2. The second-order valence-corrected chi connectivity index (χ2v) is 10.9. The number of carbonyl (C=O) groups excluding carboxylic acids is 2. The molecule has 3 aromatic heterocycles. The first-order chi connectivity index (χ1) is 21.0. The Labute approximate surface area is 250 Å². The predicted octanol–water partition coefficient (Wildman–Crippen LogP) is 5.72. The number of carbonyl (C=O) groups is 2. The maximum absolute atomic E-state index is 13.2. The van der Waals surface area contributed by atoms with Crippen molar-refractivity contribution >= 4 is 34.4 Å². The maximum Gasteiger partial charge on any atom is 0.251 e. The van der Waals surface area contributed by atoms with Crippen LogP contribution >= 0.6 is 0 Å². The summed E-state index contributed by atoms with van der Waals surface area (Å²) in [6, 6.07) is 18.0. The zero-order valence-electron chi connectivity index (χ0n) is 24.2. The molecule has 10 heteroatoms. The molecular weight excluding hydrogens is 540 g/mol. The summed E-state index contributed by atoms with van der Waals surface area (Å²) in [5.41, 5.74) is 4.76. The van der Waals surface area contributed by atoms with Gasteiger partial charge in [-0.05, 0) is 61.7 Å². The molecule has 0 unspecified atom stereocenters. The Bertz CT molecular complexity index is 1730. The van der Waals surface area contributed by atoms with Gasteiger partial charge < -0.3 is 16.0 Å². The Morgan fingerprint density at radius 3 is 2.37 bits per heavy atom. The summed E-state index contributed by atoms with van der Waals surface area (Å²) in [5, 5.41) is 14.5. The first kappa shape index (κ1) is 28.0. The molecule has 0 saturated heterocycles. The number of pyridine rings is 1. The number of rotatable bonds is 8. The van der Waals surface area contributed by atoms with Gasteiger partial charge in [0.2, 0.25) is 11.9 Å². The van der Waals surface area contributed by atoms with Crippen molar-refractivity contribution in [2.45, 2.75) is 51.0 Å². The van der Waals surface area contributed by atoms with E-state index in [4.69, 9.17) is 5.10 Å². The number of benzene rings is 2. The Hall–Kier alpha value is -5.12. The van der Waals surface area contributed by atoms with Crippen LogP contribution in [0.15, 0.2) is 79.3 Å². The molecule has 0 spiro atoms. The van der Waals surface area contributed by atoms with Gasteiger partial charge in [-0.2, -0.15) is 5.10 Å². The van der Waals surface area contributed by atoms with E-state index in [1.165, 1.54) is 19.3 Å². The van der Waals surface area contributed by atoms with Crippen molar-refractivity contribution in [3.63, 3.8) is 0 Å². The third-order valence-corrected chi connectivity index (χ3v) is 7.93. The molecule has 3 heterocycles. The van der Waals surface area contributed by atoms with Crippen LogP contribution in [-0.4, -0.2) is 49.6 Å². The summed E-state index contributed by atoms with van der Waals surface area (Å²) in [5.74, 6) is 1.06. The van der Waals surface area contributed by atoms with Crippen LogP contribution in [0.4, 0.5) is 11.6 Å². The summed E-state index contributed by atoms with van der Waals surface area (Å²) < 4.78 is 1.94. The smallest absolute Gasteiger partial charge is 0.251 e. The lowest BCUT2D eigenvalue weighted by Crippen LogP contribution is -2.41. The van der Waals surface area contributed by atoms with Crippen molar-refractivity contribution < 1.29 is 9.59 Å². The van der Waals surface area contributed by atoms with Crippen LogP contribution in [0.5, 0.6) is 0 Å². The minimum Gasteiger partial charge on any atom is -0.357 e. The van der Waals surface area contributed by atoms with Crippen LogP contribution in [0.25, 0.3) is 27.8 Å². The van der Waals surface area contributed by atoms with Gasteiger partial charge in [0.25, 0.3) is 5.91 Å². The van der Waals surface area contributed by atoms with Crippen LogP contribution < -0.4 is 16.0 Å². The topological polar surface area (TPSA) is 127 Å². The average Bonchev–Trinajstić information content (AvgIpc) is 3.45. The minimum absolute atomic E-state index is 0.317. The molecule has 0 bridgehead atoms. The zero-order chi connectivity index (χ0) is 29.8. The third-order valence-electron chi connectivity index (χ3n) is 7.93. The van der Waals surface area contributed by atoms with Crippen molar-refractivity contribution in [2.24, 2.45) is 0 Å². The van der Waals surface area contributed by atoms with E-state index in [1.807, 2.05) is 59.3 Å². The second-order valence-electron chi connectivity index (χ2n) is 10.9. The number of anilines is 2. The zero-order valence-corrected chi connectivity index (χ0v) is 24.2. The molecule has 1 aliphatic rings. The molecule has 1 saturated carbocycles. The van der Waals surface area contributed by atoms with Crippen LogP contribution in [0.2, 0.25) is 0 Å². The van der Waals surface area contributed by atoms with Gasteiger partial charge in [0, 0.05) is 53.8 Å². The average molecular weight is 575 g/mol. The number of fused-ring (bicyclic) bond motifs is 1. The molecule has 2 amide bonds. The van der Waals surface area contributed by atoms with E-state index in [2.05, 4.69) is 30.9 Å². The molecule has 1 aliphatic carbocycles. The lowest BCUT2D eigenvalue weighted by Gasteiger charge is -2.22. The molecule has 218 valence electrons. The van der Waals surface area contributed by atoms with Crippen LogP contribution in [-0.2, 0) is 4.79 Å². The van der Waals surface area contributed by atoms with Crippen LogP contribution in [0.3, 0.4) is 0 Å². The van der Waals surface area contributed by atoms with E-state index in [1.54, 1.807) is 38.6 Å². The highest BCUT2D eigenvalue weighted by Crippen LogP contribution is 2.37. The Balaban J connectivity index is 1.15. The van der Waals surface area contributed by atoms with Gasteiger partial charge in [-0.3, -0.25) is 9.59 Å². The summed E-state index contributed by atoms with van der Waals surface area (Å²) in [7, 11) is 1.76. The third kappa shape index (κ3) is 6.08. The number of hydrogen-bond acceptors (Lipinski definition) is 7. The molecule has 3 N–H and O–H groups in total. The van der Waals surface area contributed by atoms with Gasteiger partial charge in [0.1, 0.15) is 6.04 Å². The van der Waals surface area contributed by atoms with E-state index in [0.29, 0.717) is 23.1 Å². The standard InChI is InChI=1S/C33H34N8O2/c1-21(31(42)39-26-14-11-22(12-15-26)25-19-36-33(34-2)37-20-25)38-32(43)24-13-16-27-28(18-24)40-41(29-10-6-7-17-35-29)30(27)23-8-4-3-5-9-23/h6-7,10-21,23H,3-5,8-9H2,1-2H3,(H,38,43)(H,39,42)(H,34,36,37)/t21-/m1/s1. The Morgan fingerprint density at radius 2 is 1.67 bits per heavy atom. The highest BCUT2D eigenvalue weighted by molar-refractivity contribution is 6.02. The number of nitrogens with one attached hydrogen (secondary N) is 3. The van der Waals surface area contributed by atoms with Crippen molar-refractivity contribution in [3.05, 3.63) is 90.5 Å². The van der Waals surface area contributed by atoms with Crippen molar-refractivity contribution in [1.82, 2.24) is 30.0 Å². The first-order valence-corrected chi connectivity index (χ1v) is 14.7. The lowest BCUT2D eigenvalue weighted by atomic mass is 9.85. The van der Waals surface area contributed by atoms with Gasteiger partial charge in [0.05, 0.1) is 11.2 Å². The number of hydrogen-bond donors (Lipinski definition) is 3. The fraction of sp³-hybridized carbons (Fsp3) is 0.273. The molecule has 43 heavy (non-hydrogen) atoms. The molecule has 2 aromatic carbocycles. The molecule has 0 aliphatic heterocycles. The molecule has 10 nitrogen and oxygen atoms in total. The van der Waals surface area contributed by atoms with Gasteiger partial charge in [-0.1, -0.05) is 43.5 Å². The van der Waals surface area contributed by atoms with Gasteiger partial charge in [-0.15, -0.1) is 0 Å². The quantitative estimate of drug-likeness (QED) is 0.216. The van der Waals surface area contributed by atoms with Gasteiger partial charge >= 0.3 is 0 Å². The van der Waals surface area contributed by atoms with Crippen molar-refractivity contribution in [1.29, 1.82) is 0 Å². The number of nitrogens with zero attached hydrogens (tertiary/aromatic N) is 5.